The highest BCUT2D eigenvalue weighted by atomic mass is 19.1. The van der Waals surface area contributed by atoms with Crippen LogP contribution in [0.25, 0.3) is 0 Å². The molecule has 0 spiro atoms. The zero-order valence-electron chi connectivity index (χ0n) is 12.4. The van der Waals surface area contributed by atoms with Gasteiger partial charge in [0, 0.05) is 6.04 Å². The minimum atomic E-state index is -0.186. The van der Waals surface area contributed by atoms with Gasteiger partial charge in [0.15, 0.2) is 0 Å². The summed E-state index contributed by atoms with van der Waals surface area (Å²) in [5, 5.41) is 0. The van der Waals surface area contributed by atoms with Crippen LogP contribution in [0.2, 0.25) is 0 Å². The summed E-state index contributed by atoms with van der Waals surface area (Å²) >= 11 is 0. The fourth-order valence-electron chi connectivity index (χ4n) is 2.73. The molecule has 0 saturated heterocycles. The first-order chi connectivity index (χ1) is 9.44. The van der Waals surface area contributed by atoms with Gasteiger partial charge >= 0.3 is 0 Å². The van der Waals surface area contributed by atoms with E-state index >= 15 is 0 Å². The Hall–Kier alpha value is -1.67. The summed E-state index contributed by atoms with van der Waals surface area (Å²) in [5.74, 6) is -0.186. The lowest BCUT2D eigenvalue weighted by Gasteiger charge is -2.14. The second-order valence-corrected chi connectivity index (χ2v) is 5.74. The van der Waals surface area contributed by atoms with Crippen molar-refractivity contribution in [2.45, 2.75) is 39.7 Å². The molecular weight excluding hydrogens is 249 g/mol. The minimum absolute atomic E-state index is 0.0559. The molecule has 2 N–H and O–H groups in total. The van der Waals surface area contributed by atoms with Crippen LogP contribution in [0.3, 0.4) is 0 Å². The van der Waals surface area contributed by atoms with E-state index in [1.165, 1.54) is 22.8 Å². The van der Waals surface area contributed by atoms with Gasteiger partial charge in [0.25, 0.3) is 0 Å². The number of hydrogen-bond acceptors (Lipinski definition) is 1. The Bertz CT molecular complexity index is 584. The molecule has 20 heavy (non-hydrogen) atoms. The van der Waals surface area contributed by atoms with Gasteiger partial charge in [0.05, 0.1) is 0 Å². The van der Waals surface area contributed by atoms with Crippen LogP contribution in [0.4, 0.5) is 4.39 Å². The molecule has 2 aromatic rings. The molecule has 0 aliphatic rings. The predicted octanol–water partition coefficient (Wildman–Crippen LogP) is 3.86. The molecule has 0 radical (unpaired) electrons. The Morgan fingerprint density at radius 1 is 0.950 bits per heavy atom. The van der Waals surface area contributed by atoms with E-state index in [0.717, 1.165) is 24.0 Å². The first kappa shape index (κ1) is 14.7. The number of nitrogens with two attached hydrogens (primary N) is 1. The van der Waals surface area contributed by atoms with E-state index in [2.05, 4.69) is 32.0 Å². The fraction of sp³-hybridized carbons (Fsp3) is 0.333. The quantitative estimate of drug-likeness (QED) is 0.897. The molecule has 0 fully saturated rings. The van der Waals surface area contributed by atoms with Gasteiger partial charge in [-0.1, -0.05) is 35.4 Å². The lowest BCUT2D eigenvalue weighted by molar-refractivity contribution is 0.621. The summed E-state index contributed by atoms with van der Waals surface area (Å²) in [4.78, 5) is 0. The third-order valence-corrected chi connectivity index (χ3v) is 3.57. The maximum absolute atomic E-state index is 13.1. The van der Waals surface area contributed by atoms with E-state index in [1.807, 2.05) is 13.0 Å². The van der Waals surface area contributed by atoms with Crippen molar-refractivity contribution in [3.05, 3.63) is 70.0 Å². The monoisotopic (exact) mass is 271 g/mol. The lowest BCUT2D eigenvalue weighted by Crippen LogP contribution is -2.26. The highest BCUT2D eigenvalue weighted by Crippen LogP contribution is 2.15. The van der Waals surface area contributed by atoms with E-state index < -0.39 is 0 Å². The van der Waals surface area contributed by atoms with Crippen LogP contribution >= 0.6 is 0 Å². The van der Waals surface area contributed by atoms with Crippen LogP contribution in [0.15, 0.2) is 36.4 Å². The van der Waals surface area contributed by atoms with Gasteiger partial charge < -0.3 is 5.73 Å². The van der Waals surface area contributed by atoms with Crippen LogP contribution < -0.4 is 5.73 Å². The predicted molar refractivity (Wildman–Crippen MR) is 82.4 cm³/mol. The molecule has 1 nitrogen and oxygen atoms in total. The van der Waals surface area contributed by atoms with Crippen LogP contribution in [-0.4, -0.2) is 6.04 Å². The van der Waals surface area contributed by atoms with Crippen molar-refractivity contribution < 1.29 is 4.39 Å². The Morgan fingerprint density at radius 3 is 2.20 bits per heavy atom. The van der Waals surface area contributed by atoms with Crippen molar-refractivity contribution in [1.82, 2.24) is 0 Å². The van der Waals surface area contributed by atoms with Gasteiger partial charge in [-0.3, -0.25) is 0 Å². The molecule has 0 saturated carbocycles. The smallest absolute Gasteiger partial charge is 0.123 e. The van der Waals surface area contributed by atoms with Gasteiger partial charge in [-0.05, 0) is 62.4 Å². The number of hydrogen-bond donors (Lipinski definition) is 1. The minimum Gasteiger partial charge on any atom is -0.327 e. The largest absolute Gasteiger partial charge is 0.327 e. The maximum atomic E-state index is 13.1. The third-order valence-electron chi connectivity index (χ3n) is 3.57. The zero-order chi connectivity index (χ0) is 14.7. The molecule has 0 aromatic heterocycles. The van der Waals surface area contributed by atoms with Crippen molar-refractivity contribution in [3.8, 4) is 0 Å². The molecule has 106 valence electrons. The average molecular weight is 271 g/mol. The number of aryl methyl sites for hydroxylation is 3. The topological polar surface area (TPSA) is 26.0 Å². The SMILES string of the molecule is Cc1cc(C)cc(CC(N)Cc2ccc(F)cc2C)c1. The van der Waals surface area contributed by atoms with Gasteiger partial charge in [-0.25, -0.2) is 4.39 Å². The van der Waals surface area contributed by atoms with E-state index in [-0.39, 0.29) is 11.9 Å². The highest BCUT2D eigenvalue weighted by Gasteiger charge is 2.09. The summed E-state index contributed by atoms with van der Waals surface area (Å²) < 4.78 is 13.1. The summed E-state index contributed by atoms with van der Waals surface area (Å²) in [6.07, 6.45) is 1.62. The van der Waals surface area contributed by atoms with Crippen LogP contribution in [-0.2, 0) is 12.8 Å². The Labute approximate surface area is 120 Å². The second-order valence-electron chi connectivity index (χ2n) is 5.74. The van der Waals surface area contributed by atoms with Crippen molar-refractivity contribution in [3.63, 3.8) is 0 Å². The van der Waals surface area contributed by atoms with Crippen LogP contribution in [0.5, 0.6) is 0 Å². The number of rotatable bonds is 4. The number of benzene rings is 2. The lowest BCUT2D eigenvalue weighted by atomic mass is 9.95. The molecule has 0 heterocycles. The Morgan fingerprint density at radius 2 is 1.60 bits per heavy atom. The molecule has 0 aliphatic heterocycles. The van der Waals surface area contributed by atoms with Crippen LogP contribution in [0, 0.1) is 26.6 Å². The summed E-state index contributed by atoms with van der Waals surface area (Å²) in [6, 6.07) is 11.5. The highest BCUT2D eigenvalue weighted by molar-refractivity contribution is 5.30. The molecule has 2 aromatic carbocycles. The van der Waals surface area contributed by atoms with Crippen molar-refractivity contribution in [1.29, 1.82) is 0 Å². The molecule has 2 heteroatoms. The van der Waals surface area contributed by atoms with Gasteiger partial charge in [-0.15, -0.1) is 0 Å². The first-order valence-electron chi connectivity index (χ1n) is 7.02. The van der Waals surface area contributed by atoms with Gasteiger partial charge in [-0.2, -0.15) is 0 Å². The maximum Gasteiger partial charge on any atom is 0.123 e. The van der Waals surface area contributed by atoms with Gasteiger partial charge in [0.2, 0.25) is 0 Å². The van der Waals surface area contributed by atoms with Crippen LogP contribution in [0.1, 0.15) is 27.8 Å². The molecule has 0 bridgehead atoms. The summed E-state index contributed by atoms with van der Waals surface area (Å²) in [7, 11) is 0. The standard InChI is InChI=1S/C18H22FN/c1-12-6-13(2)8-15(7-12)10-18(20)11-16-4-5-17(19)9-14(16)3/h4-9,18H,10-11,20H2,1-3H3. The normalized spacial score (nSPS) is 12.4. The Balaban J connectivity index is 2.06. The average Bonchev–Trinajstić information content (AvgIpc) is 2.31. The molecule has 0 amide bonds. The summed E-state index contributed by atoms with van der Waals surface area (Å²) in [6.45, 7) is 6.14. The molecular formula is C18H22FN. The summed E-state index contributed by atoms with van der Waals surface area (Å²) in [5.41, 5.74) is 12.2. The second kappa shape index (κ2) is 6.19. The van der Waals surface area contributed by atoms with E-state index in [4.69, 9.17) is 5.73 Å². The van der Waals surface area contributed by atoms with E-state index in [9.17, 15) is 4.39 Å². The molecule has 1 unspecified atom stereocenters. The van der Waals surface area contributed by atoms with E-state index in [0.29, 0.717) is 0 Å². The zero-order valence-corrected chi connectivity index (χ0v) is 12.4. The number of halogens is 1. The third kappa shape index (κ3) is 3.91. The molecule has 1 atom stereocenters. The molecule has 2 rings (SSSR count). The van der Waals surface area contributed by atoms with E-state index in [1.54, 1.807) is 6.07 Å². The van der Waals surface area contributed by atoms with Crippen molar-refractivity contribution >= 4 is 0 Å². The first-order valence-corrected chi connectivity index (χ1v) is 7.02. The van der Waals surface area contributed by atoms with Gasteiger partial charge in [0.1, 0.15) is 5.82 Å². The molecule has 0 aliphatic carbocycles. The fourth-order valence-corrected chi connectivity index (χ4v) is 2.73. The van der Waals surface area contributed by atoms with Crippen molar-refractivity contribution in [2.24, 2.45) is 5.73 Å². The Kier molecular flexibility index (Phi) is 4.56. The van der Waals surface area contributed by atoms with Crippen molar-refractivity contribution in [2.75, 3.05) is 0 Å².